The topological polar surface area (TPSA) is 85.3 Å². The Morgan fingerprint density at radius 2 is 1.80 bits per heavy atom. The molecule has 1 aromatic heterocycles. The zero-order chi connectivity index (χ0) is 21.5. The lowest BCUT2D eigenvalue weighted by Gasteiger charge is -2.13. The number of nitrogens with one attached hydrogen (secondary N) is 2. The first-order chi connectivity index (χ1) is 14.5. The van der Waals surface area contributed by atoms with Gasteiger partial charge in [0.1, 0.15) is 17.5 Å². The average molecular weight is 406 g/mol. The molecule has 0 bridgehead atoms. The number of carbonyl (C=O) groups excluding carboxylic acids is 2. The van der Waals surface area contributed by atoms with Gasteiger partial charge in [-0.15, -0.1) is 0 Å². The molecule has 0 aliphatic rings. The summed E-state index contributed by atoms with van der Waals surface area (Å²) in [6, 6.07) is 16.2. The number of hydrogen-bond donors (Lipinski definition) is 2. The van der Waals surface area contributed by atoms with Crippen LogP contribution in [0.25, 0.3) is 16.9 Å². The van der Waals surface area contributed by atoms with Gasteiger partial charge in [0, 0.05) is 18.3 Å². The van der Waals surface area contributed by atoms with Gasteiger partial charge in [-0.25, -0.2) is 4.68 Å². The number of carbonyl (C=O) groups is 2. The molecule has 0 radical (unpaired) electrons. The molecule has 156 valence electrons. The summed E-state index contributed by atoms with van der Waals surface area (Å²) in [6.45, 7) is 4.21. The van der Waals surface area contributed by atoms with E-state index < -0.39 is 6.04 Å². The number of methoxy groups -OCH3 is 1. The van der Waals surface area contributed by atoms with Crippen LogP contribution in [-0.4, -0.2) is 41.3 Å². The van der Waals surface area contributed by atoms with Crippen molar-refractivity contribution in [1.29, 1.82) is 0 Å². The number of ether oxygens (including phenoxy) is 1. The van der Waals surface area contributed by atoms with Crippen molar-refractivity contribution in [2.24, 2.45) is 0 Å². The zero-order valence-corrected chi connectivity index (χ0v) is 17.4. The molecule has 0 spiro atoms. The molecule has 2 amide bonds. The fourth-order valence-corrected chi connectivity index (χ4v) is 2.96. The van der Waals surface area contributed by atoms with Crippen LogP contribution in [0.4, 0.5) is 0 Å². The Morgan fingerprint density at radius 3 is 2.43 bits per heavy atom. The van der Waals surface area contributed by atoms with Gasteiger partial charge in [-0.05, 0) is 49.7 Å². The molecule has 30 heavy (non-hydrogen) atoms. The molecule has 7 nitrogen and oxygen atoms in total. The summed E-state index contributed by atoms with van der Waals surface area (Å²) in [7, 11) is 1.60. The maximum atomic E-state index is 13.0. The molecule has 1 atom stereocenters. The largest absolute Gasteiger partial charge is 0.497 e. The summed E-state index contributed by atoms with van der Waals surface area (Å²) in [5, 5.41) is 10.2. The molecule has 2 aromatic carbocycles. The maximum absolute atomic E-state index is 13.0. The number of nitrogens with zero attached hydrogens (tertiary/aromatic N) is 2. The third kappa shape index (κ3) is 4.86. The molecule has 0 aliphatic carbocycles. The third-order valence-electron chi connectivity index (χ3n) is 4.63. The Morgan fingerprint density at radius 1 is 1.10 bits per heavy atom. The molecule has 1 unspecified atom stereocenters. The quantitative estimate of drug-likeness (QED) is 0.602. The van der Waals surface area contributed by atoms with Gasteiger partial charge >= 0.3 is 0 Å². The lowest BCUT2D eigenvalue weighted by atomic mass is 10.1. The molecular formula is C23H26N4O3. The summed E-state index contributed by atoms with van der Waals surface area (Å²) in [4.78, 5) is 25.2. The number of hydrogen-bond acceptors (Lipinski definition) is 4. The van der Waals surface area contributed by atoms with Crippen LogP contribution >= 0.6 is 0 Å². The van der Waals surface area contributed by atoms with E-state index in [1.165, 1.54) is 0 Å². The van der Waals surface area contributed by atoms with Gasteiger partial charge in [0.25, 0.3) is 5.91 Å². The highest BCUT2D eigenvalue weighted by atomic mass is 16.5. The third-order valence-corrected chi connectivity index (χ3v) is 4.63. The highest BCUT2D eigenvalue weighted by Crippen LogP contribution is 2.26. The van der Waals surface area contributed by atoms with Crippen LogP contribution in [-0.2, 0) is 4.79 Å². The molecule has 0 aliphatic heterocycles. The molecule has 0 fully saturated rings. The minimum absolute atomic E-state index is 0.216. The van der Waals surface area contributed by atoms with Crippen LogP contribution in [0, 0.1) is 0 Å². The van der Waals surface area contributed by atoms with E-state index in [0.717, 1.165) is 17.7 Å². The van der Waals surface area contributed by atoms with Crippen molar-refractivity contribution in [3.8, 4) is 22.7 Å². The Balaban J connectivity index is 1.93. The van der Waals surface area contributed by atoms with E-state index in [0.29, 0.717) is 23.6 Å². The first kappa shape index (κ1) is 21.1. The lowest BCUT2D eigenvalue weighted by Crippen LogP contribution is -2.45. The highest BCUT2D eigenvalue weighted by Gasteiger charge is 2.22. The van der Waals surface area contributed by atoms with E-state index in [1.54, 1.807) is 24.9 Å². The molecule has 3 rings (SSSR count). The van der Waals surface area contributed by atoms with Crippen molar-refractivity contribution >= 4 is 11.8 Å². The van der Waals surface area contributed by atoms with Crippen molar-refractivity contribution in [2.45, 2.75) is 26.3 Å². The van der Waals surface area contributed by atoms with Crippen LogP contribution in [0.1, 0.15) is 30.6 Å². The van der Waals surface area contributed by atoms with E-state index in [2.05, 4.69) is 15.7 Å². The summed E-state index contributed by atoms with van der Waals surface area (Å²) in [6.07, 6.45) is 2.51. The number of para-hydroxylation sites is 1. The maximum Gasteiger partial charge on any atom is 0.255 e. The number of rotatable bonds is 8. The second-order valence-corrected chi connectivity index (χ2v) is 6.89. The van der Waals surface area contributed by atoms with Gasteiger partial charge in [-0.2, -0.15) is 5.10 Å². The standard InChI is InChI=1S/C23H26N4O3/c1-4-14-24-22(28)16(2)25-23(29)20-15-27(18-8-6-5-7-9-18)26-21(20)17-10-12-19(30-3)13-11-17/h5-13,15-16H,4,14H2,1-3H3,(H,24,28)(H,25,29). The molecular weight excluding hydrogens is 380 g/mol. The summed E-state index contributed by atoms with van der Waals surface area (Å²) < 4.78 is 6.88. The fourth-order valence-electron chi connectivity index (χ4n) is 2.96. The average Bonchev–Trinajstić information content (AvgIpc) is 3.23. The SMILES string of the molecule is CCCNC(=O)C(C)NC(=O)c1cn(-c2ccccc2)nc1-c1ccc(OC)cc1. The van der Waals surface area contributed by atoms with Gasteiger partial charge in [-0.3, -0.25) is 9.59 Å². The van der Waals surface area contributed by atoms with Crippen LogP contribution in [0.3, 0.4) is 0 Å². The summed E-state index contributed by atoms with van der Waals surface area (Å²) in [5.41, 5.74) is 2.53. The Kier molecular flexibility index (Phi) is 6.85. The van der Waals surface area contributed by atoms with E-state index in [-0.39, 0.29) is 11.8 Å². The Hall–Kier alpha value is -3.61. The molecule has 1 heterocycles. The lowest BCUT2D eigenvalue weighted by molar-refractivity contribution is -0.122. The predicted octanol–water partition coefficient (Wildman–Crippen LogP) is 3.19. The monoisotopic (exact) mass is 406 g/mol. The zero-order valence-electron chi connectivity index (χ0n) is 17.4. The van der Waals surface area contributed by atoms with Gasteiger partial charge < -0.3 is 15.4 Å². The van der Waals surface area contributed by atoms with Crippen LogP contribution < -0.4 is 15.4 Å². The Bertz CT molecular complexity index is 997. The van der Waals surface area contributed by atoms with Gasteiger partial charge in [0.15, 0.2) is 0 Å². The van der Waals surface area contributed by atoms with Crippen molar-refractivity contribution in [3.63, 3.8) is 0 Å². The van der Waals surface area contributed by atoms with Crippen molar-refractivity contribution in [3.05, 3.63) is 66.4 Å². The number of aromatic nitrogens is 2. The first-order valence-electron chi connectivity index (χ1n) is 9.91. The first-order valence-corrected chi connectivity index (χ1v) is 9.91. The summed E-state index contributed by atoms with van der Waals surface area (Å²) in [5.74, 6) is 0.141. The predicted molar refractivity (Wildman–Crippen MR) is 116 cm³/mol. The molecule has 7 heteroatoms. The molecule has 2 N–H and O–H groups in total. The smallest absolute Gasteiger partial charge is 0.255 e. The van der Waals surface area contributed by atoms with Crippen molar-refractivity contribution in [1.82, 2.24) is 20.4 Å². The fraction of sp³-hybridized carbons (Fsp3) is 0.261. The van der Waals surface area contributed by atoms with Gasteiger partial charge in [0.05, 0.1) is 18.4 Å². The van der Waals surface area contributed by atoms with Crippen LogP contribution in [0.2, 0.25) is 0 Å². The van der Waals surface area contributed by atoms with Crippen LogP contribution in [0.5, 0.6) is 5.75 Å². The minimum atomic E-state index is -0.659. The van der Waals surface area contributed by atoms with Gasteiger partial charge in [0.2, 0.25) is 5.91 Å². The summed E-state index contributed by atoms with van der Waals surface area (Å²) >= 11 is 0. The van der Waals surface area contributed by atoms with E-state index in [9.17, 15) is 9.59 Å². The second kappa shape index (κ2) is 9.73. The van der Waals surface area contributed by atoms with E-state index >= 15 is 0 Å². The Labute approximate surface area is 176 Å². The van der Waals surface area contributed by atoms with Crippen molar-refractivity contribution in [2.75, 3.05) is 13.7 Å². The number of benzene rings is 2. The number of amides is 2. The highest BCUT2D eigenvalue weighted by molar-refractivity contribution is 6.02. The second-order valence-electron chi connectivity index (χ2n) is 6.89. The van der Waals surface area contributed by atoms with Gasteiger partial charge in [-0.1, -0.05) is 25.1 Å². The minimum Gasteiger partial charge on any atom is -0.497 e. The van der Waals surface area contributed by atoms with Crippen molar-refractivity contribution < 1.29 is 14.3 Å². The van der Waals surface area contributed by atoms with E-state index in [1.807, 2.05) is 61.5 Å². The molecule has 3 aromatic rings. The van der Waals surface area contributed by atoms with E-state index in [4.69, 9.17) is 4.74 Å². The molecule has 0 saturated heterocycles. The van der Waals surface area contributed by atoms with Crippen LogP contribution in [0.15, 0.2) is 60.8 Å². The normalized spacial score (nSPS) is 11.6. The molecule has 0 saturated carbocycles.